The highest BCUT2D eigenvalue weighted by molar-refractivity contribution is 8.26. The lowest BCUT2D eigenvalue weighted by Crippen LogP contribution is -2.34. The van der Waals surface area contributed by atoms with Crippen LogP contribution in [0.3, 0.4) is 0 Å². The zero-order valence-corrected chi connectivity index (χ0v) is 17.3. The van der Waals surface area contributed by atoms with Crippen molar-refractivity contribution in [3.8, 4) is 11.5 Å². The largest absolute Gasteiger partial charge is 0.493 e. The number of benzene rings is 1. The Labute approximate surface area is 168 Å². The average Bonchev–Trinajstić information content (AvgIpc) is 2.90. The van der Waals surface area contributed by atoms with Crippen molar-refractivity contribution in [2.24, 2.45) is 0 Å². The zero-order chi connectivity index (χ0) is 19.8. The van der Waals surface area contributed by atoms with Crippen molar-refractivity contribution in [3.05, 3.63) is 28.7 Å². The van der Waals surface area contributed by atoms with Crippen molar-refractivity contribution in [1.82, 2.24) is 4.90 Å². The van der Waals surface area contributed by atoms with E-state index in [4.69, 9.17) is 26.4 Å². The molecule has 1 amide bonds. The molecule has 1 aliphatic heterocycles. The Hall–Kier alpha value is -2.06. The van der Waals surface area contributed by atoms with E-state index in [0.29, 0.717) is 27.3 Å². The maximum Gasteiger partial charge on any atom is 0.326 e. The minimum Gasteiger partial charge on any atom is -0.493 e. The van der Waals surface area contributed by atoms with Crippen molar-refractivity contribution in [1.29, 1.82) is 0 Å². The molecule has 0 atom stereocenters. The van der Waals surface area contributed by atoms with E-state index in [1.54, 1.807) is 26.2 Å². The van der Waals surface area contributed by atoms with E-state index in [1.807, 2.05) is 12.1 Å². The van der Waals surface area contributed by atoms with Crippen molar-refractivity contribution in [2.75, 3.05) is 26.9 Å². The number of thiocarbonyl (C=S) groups is 1. The summed E-state index contributed by atoms with van der Waals surface area (Å²) in [6, 6.07) is 5.47. The van der Waals surface area contributed by atoms with Gasteiger partial charge >= 0.3 is 5.97 Å². The van der Waals surface area contributed by atoms with Crippen LogP contribution in [0.2, 0.25) is 0 Å². The number of nitrogens with zero attached hydrogens (tertiary/aromatic N) is 1. The third-order valence-corrected chi connectivity index (χ3v) is 5.08. The molecule has 1 aromatic rings. The summed E-state index contributed by atoms with van der Waals surface area (Å²) in [4.78, 5) is 25.9. The molecule has 0 bridgehead atoms. The van der Waals surface area contributed by atoms with E-state index >= 15 is 0 Å². The number of amides is 1. The Balaban J connectivity index is 2.14. The second kappa shape index (κ2) is 10.3. The number of unbranched alkanes of at least 4 members (excludes halogenated alkanes) is 1. The van der Waals surface area contributed by atoms with Crippen LogP contribution in [0, 0.1) is 0 Å². The predicted octanol–water partition coefficient (Wildman–Crippen LogP) is 3.64. The first-order valence-corrected chi connectivity index (χ1v) is 9.94. The third kappa shape index (κ3) is 5.71. The molecule has 1 heterocycles. The molecule has 0 unspecified atom stereocenters. The zero-order valence-electron chi connectivity index (χ0n) is 15.6. The highest BCUT2D eigenvalue weighted by atomic mass is 32.2. The van der Waals surface area contributed by atoms with Crippen molar-refractivity contribution in [2.45, 2.75) is 26.7 Å². The minimum atomic E-state index is -0.481. The number of ether oxygens (including phenoxy) is 3. The molecule has 0 N–H and O–H groups in total. The molecule has 27 heavy (non-hydrogen) atoms. The summed E-state index contributed by atoms with van der Waals surface area (Å²) in [6.45, 7) is 4.52. The van der Waals surface area contributed by atoms with E-state index in [1.165, 1.54) is 4.90 Å². The molecule has 0 aromatic heterocycles. The molecule has 146 valence electrons. The van der Waals surface area contributed by atoms with Gasteiger partial charge in [-0.3, -0.25) is 14.5 Å². The lowest BCUT2D eigenvalue weighted by atomic mass is 10.2. The Morgan fingerprint density at radius 3 is 2.74 bits per heavy atom. The molecule has 1 fully saturated rings. The van der Waals surface area contributed by atoms with E-state index in [-0.39, 0.29) is 19.1 Å². The number of esters is 1. The number of rotatable bonds is 9. The molecule has 0 spiro atoms. The summed E-state index contributed by atoms with van der Waals surface area (Å²) in [7, 11) is 1.57. The van der Waals surface area contributed by atoms with Gasteiger partial charge in [-0.1, -0.05) is 43.4 Å². The number of thioether (sulfide) groups is 1. The third-order valence-electron chi connectivity index (χ3n) is 3.71. The monoisotopic (exact) mass is 409 g/mol. The summed E-state index contributed by atoms with van der Waals surface area (Å²) in [5, 5.41) is 0. The van der Waals surface area contributed by atoms with Gasteiger partial charge in [-0.2, -0.15) is 0 Å². The van der Waals surface area contributed by atoms with E-state index in [0.717, 1.165) is 30.2 Å². The Bertz CT molecular complexity index is 748. The fourth-order valence-electron chi connectivity index (χ4n) is 2.34. The van der Waals surface area contributed by atoms with Crippen LogP contribution >= 0.6 is 24.0 Å². The lowest BCUT2D eigenvalue weighted by Gasteiger charge is -2.13. The van der Waals surface area contributed by atoms with Gasteiger partial charge in [0.25, 0.3) is 5.91 Å². The second-order valence-corrected chi connectivity index (χ2v) is 7.36. The standard InChI is InChI=1S/C19H23NO5S2/c1-4-6-9-25-14-8-7-13(10-15(14)23-3)11-16-18(22)20(19(26)27-16)12-17(21)24-5-2/h7-8,10-11H,4-6,9,12H2,1-3H3. The van der Waals surface area contributed by atoms with Crippen molar-refractivity contribution >= 4 is 46.3 Å². The van der Waals surface area contributed by atoms with Gasteiger partial charge in [0.05, 0.1) is 25.2 Å². The Morgan fingerprint density at radius 2 is 2.07 bits per heavy atom. The van der Waals surface area contributed by atoms with Gasteiger partial charge < -0.3 is 14.2 Å². The van der Waals surface area contributed by atoms with Crippen LogP contribution in [0.25, 0.3) is 6.08 Å². The molecule has 0 radical (unpaired) electrons. The maximum absolute atomic E-state index is 12.5. The molecule has 1 aliphatic rings. The molecule has 0 saturated carbocycles. The fraction of sp³-hybridized carbons (Fsp3) is 0.421. The summed E-state index contributed by atoms with van der Waals surface area (Å²) in [5.41, 5.74) is 0.784. The van der Waals surface area contributed by atoms with Crippen LogP contribution < -0.4 is 9.47 Å². The normalized spacial score (nSPS) is 15.4. The van der Waals surface area contributed by atoms with Gasteiger partial charge in [0.1, 0.15) is 10.9 Å². The molecular weight excluding hydrogens is 386 g/mol. The number of hydrogen-bond donors (Lipinski definition) is 0. The molecule has 8 heteroatoms. The molecule has 1 aromatic carbocycles. The number of carbonyl (C=O) groups excluding carboxylic acids is 2. The quantitative estimate of drug-likeness (QED) is 0.267. The average molecular weight is 410 g/mol. The Morgan fingerprint density at radius 1 is 1.30 bits per heavy atom. The first-order chi connectivity index (χ1) is 13.0. The molecule has 0 aliphatic carbocycles. The second-order valence-electron chi connectivity index (χ2n) is 5.69. The number of carbonyl (C=O) groups is 2. The number of hydrogen-bond acceptors (Lipinski definition) is 7. The van der Waals surface area contributed by atoms with Crippen molar-refractivity contribution in [3.63, 3.8) is 0 Å². The molecule has 2 rings (SSSR count). The van der Waals surface area contributed by atoms with Crippen LogP contribution in [0.4, 0.5) is 0 Å². The summed E-state index contributed by atoms with van der Waals surface area (Å²) < 4.78 is 16.3. The molecular formula is C19H23NO5S2. The predicted molar refractivity (Wildman–Crippen MR) is 110 cm³/mol. The van der Waals surface area contributed by atoms with Crippen LogP contribution in [0.15, 0.2) is 23.1 Å². The van der Waals surface area contributed by atoms with Crippen LogP contribution in [0.1, 0.15) is 32.3 Å². The first kappa shape index (κ1) is 21.2. The minimum absolute atomic E-state index is 0.177. The molecule has 6 nitrogen and oxygen atoms in total. The van der Waals surface area contributed by atoms with Crippen LogP contribution in [-0.4, -0.2) is 48.0 Å². The van der Waals surface area contributed by atoms with Crippen molar-refractivity contribution < 1.29 is 23.8 Å². The first-order valence-electron chi connectivity index (χ1n) is 8.72. The summed E-state index contributed by atoms with van der Waals surface area (Å²) in [6.07, 6.45) is 3.74. The Kier molecular flexibility index (Phi) is 8.12. The molecule has 1 saturated heterocycles. The van der Waals surface area contributed by atoms with Gasteiger partial charge in [0.15, 0.2) is 11.5 Å². The van der Waals surface area contributed by atoms with Gasteiger partial charge in [0.2, 0.25) is 0 Å². The lowest BCUT2D eigenvalue weighted by molar-refractivity contribution is -0.145. The van der Waals surface area contributed by atoms with Crippen LogP contribution in [0.5, 0.6) is 11.5 Å². The fourth-order valence-corrected chi connectivity index (χ4v) is 3.60. The van der Waals surface area contributed by atoms with E-state index < -0.39 is 5.97 Å². The van der Waals surface area contributed by atoms with E-state index in [2.05, 4.69) is 6.92 Å². The van der Waals surface area contributed by atoms with Gasteiger partial charge in [-0.15, -0.1) is 0 Å². The summed E-state index contributed by atoms with van der Waals surface area (Å²) >= 11 is 6.38. The SMILES string of the molecule is CCCCOc1ccc(C=C2SC(=S)N(CC(=O)OCC)C2=O)cc1OC. The van der Waals surface area contributed by atoms with E-state index in [9.17, 15) is 9.59 Å². The van der Waals surface area contributed by atoms with Gasteiger partial charge in [-0.25, -0.2) is 0 Å². The smallest absolute Gasteiger partial charge is 0.326 e. The maximum atomic E-state index is 12.5. The summed E-state index contributed by atoms with van der Waals surface area (Å²) in [5.74, 6) is 0.477. The van der Waals surface area contributed by atoms with Gasteiger partial charge in [0, 0.05) is 0 Å². The number of methoxy groups -OCH3 is 1. The highest BCUT2D eigenvalue weighted by Gasteiger charge is 2.33. The van der Waals surface area contributed by atoms with Gasteiger partial charge in [-0.05, 0) is 37.1 Å². The van der Waals surface area contributed by atoms with Crippen LogP contribution in [-0.2, 0) is 14.3 Å². The highest BCUT2D eigenvalue weighted by Crippen LogP contribution is 2.34. The topological polar surface area (TPSA) is 65.1 Å².